The molecule has 158 valence electrons. The molecule has 1 fully saturated rings. The molecule has 1 aromatic rings. The van der Waals surface area contributed by atoms with Gasteiger partial charge in [-0.1, -0.05) is 13.0 Å². The Morgan fingerprint density at radius 3 is 2.53 bits per heavy atom. The first-order chi connectivity index (χ1) is 14.4. The molecule has 0 saturated heterocycles. The van der Waals surface area contributed by atoms with Gasteiger partial charge in [0.1, 0.15) is 5.92 Å². The third kappa shape index (κ3) is 3.07. The maximum Gasteiger partial charge on any atom is 0.336 e. The maximum absolute atomic E-state index is 13.5. The summed E-state index contributed by atoms with van der Waals surface area (Å²) in [6, 6.07) is 5.32. The number of allylic oxidation sites excluding steroid dienone is 1. The van der Waals surface area contributed by atoms with Crippen LogP contribution in [0.15, 0.2) is 34.5 Å². The van der Waals surface area contributed by atoms with Gasteiger partial charge in [0.2, 0.25) is 6.79 Å². The number of fused-ring (bicyclic) bond motifs is 2. The summed E-state index contributed by atoms with van der Waals surface area (Å²) in [4.78, 5) is 43.2. The van der Waals surface area contributed by atoms with Crippen LogP contribution in [0, 0.1) is 17.8 Å². The van der Waals surface area contributed by atoms with E-state index in [1.807, 2.05) is 6.92 Å². The Balaban J connectivity index is 1.87. The van der Waals surface area contributed by atoms with Crippen LogP contribution in [0.4, 0.5) is 0 Å². The second kappa shape index (κ2) is 7.59. The number of hydrogen-bond acceptors (Lipinski definition) is 8. The van der Waals surface area contributed by atoms with Gasteiger partial charge in [-0.25, -0.2) is 4.79 Å². The van der Waals surface area contributed by atoms with Crippen molar-refractivity contribution >= 4 is 23.4 Å². The van der Waals surface area contributed by atoms with Crippen molar-refractivity contribution in [3.63, 3.8) is 0 Å². The SMILES string of the molecule is COC(=O)C1=C(C)N=C2C[C@H](C)[C@@H](C(=O)OC)C(=O)C2[C@H]1c1ccc2c(c1)OCO2. The van der Waals surface area contributed by atoms with Crippen molar-refractivity contribution in [3.05, 3.63) is 35.0 Å². The Morgan fingerprint density at radius 1 is 1.10 bits per heavy atom. The van der Waals surface area contributed by atoms with E-state index in [-0.39, 0.29) is 18.5 Å². The zero-order chi connectivity index (χ0) is 21.6. The van der Waals surface area contributed by atoms with E-state index in [4.69, 9.17) is 18.9 Å². The van der Waals surface area contributed by atoms with Crippen LogP contribution in [0.5, 0.6) is 11.5 Å². The van der Waals surface area contributed by atoms with E-state index in [2.05, 4.69) is 4.99 Å². The summed E-state index contributed by atoms with van der Waals surface area (Å²) in [5.74, 6) is -2.84. The molecular weight excluding hydrogens is 390 g/mol. The molecule has 1 unspecified atom stereocenters. The van der Waals surface area contributed by atoms with Crippen molar-refractivity contribution in [1.82, 2.24) is 0 Å². The molecule has 0 aromatic heterocycles. The minimum atomic E-state index is -0.909. The van der Waals surface area contributed by atoms with E-state index in [0.717, 1.165) is 0 Å². The van der Waals surface area contributed by atoms with Crippen molar-refractivity contribution in [2.24, 2.45) is 22.7 Å². The molecular formula is C22H23NO7. The van der Waals surface area contributed by atoms with Gasteiger partial charge in [-0.3, -0.25) is 14.6 Å². The molecule has 1 saturated carbocycles. The Hall–Kier alpha value is -3.16. The quantitative estimate of drug-likeness (QED) is 0.554. The number of benzene rings is 1. The van der Waals surface area contributed by atoms with E-state index < -0.39 is 29.7 Å². The summed E-state index contributed by atoms with van der Waals surface area (Å²) in [6.07, 6.45) is 0.461. The molecule has 0 N–H and O–H groups in total. The number of nitrogens with zero attached hydrogens (tertiary/aromatic N) is 1. The van der Waals surface area contributed by atoms with Crippen LogP contribution in [0.2, 0.25) is 0 Å². The fourth-order valence-electron chi connectivity index (χ4n) is 4.68. The summed E-state index contributed by atoms with van der Waals surface area (Å²) in [5, 5.41) is 0. The summed E-state index contributed by atoms with van der Waals surface area (Å²) in [6.45, 7) is 3.68. The van der Waals surface area contributed by atoms with Crippen LogP contribution in [0.25, 0.3) is 0 Å². The van der Waals surface area contributed by atoms with Crippen LogP contribution in [0.1, 0.15) is 31.7 Å². The number of methoxy groups -OCH3 is 2. The maximum atomic E-state index is 13.5. The summed E-state index contributed by atoms with van der Waals surface area (Å²) in [7, 11) is 2.56. The van der Waals surface area contributed by atoms with E-state index in [1.54, 1.807) is 25.1 Å². The molecule has 0 spiro atoms. The standard InChI is InChI=1S/C22H23NO7/c1-10-7-13-19(20(24)16(10)21(25)27-3)18(17(11(2)23-13)22(26)28-4)12-5-6-14-15(8-12)30-9-29-14/h5-6,8,10,16,18-19H,7,9H2,1-4H3/t10-,16+,18-,19?/m0/s1. The average molecular weight is 413 g/mol. The van der Waals surface area contributed by atoms with Gasteiger partial charge in [-0.15, -0.1) is 0 Å². The normalized spacial score (nSPS) is 27.3. The lowest BCUT2D eigenvalue weighted by molar-refractivity contribution is -0.152. The smallest absolute Gasteiger partial charge is 0.336 e. The fourth-order valence-corrected chi connectivity index (χ4v) is 4.68. The van der Waals surface area contributed by atoms with Crippen LogP contribution < -0.4 is 9.47 Å². The fraction of sp³-hybridized carbons (Fsp3) is 0.455. The van der Waals surface area contributed by atoms with E-state index in [9.17, 15) is 14.4 Å². The van der Waals surface area contributed by atoms with Crippen LogP contribution in [0.3, 0.4) is 0 Å². The van der Waals surface area contributed by atoms with Gasteiger partial charge < -0.3 is 18.9 Å². The highest BCUT2D eigenvalue weighted by molar-refractivity contribution is 6.17. The molecule has 3 aliphatic rings. The molecule has 30 heavy (non-hydrogen) atoms. The molecule has 1 aliphatic carbocycles. The average Bonchev–Trinajstić information content (AvgIpc) is 3.19. The molecule has 4 atom stereocenters. The predicted octanol–water partition coefficient (Wildman–Crippen LogP) is 2.41. The van der Waals surface area contributed by atoms with E-state index in [0.29, 0.717) is 40.5 Å². The Morgan fingerprint density at radius 2 is 1.83 bits per heavy atom. The molecule has 0 radical (unpaired) electrons. The first-order valence-corrected chi connectivity index (χ1v) is 9.75. The van der Waals surface area contributed by atoms with Crippen molar-refractivity contribution in [2.45, 2.75) is 26.2 Å². The molecule has 8 nitrogen and oxygen atoms in total. The molecule has 0 amide bonds. The first kappa shape index (κ1) is 20.1. The number of ketones is 1. The van der Waals surface area contributed by atoms with Crippen molar-refractivity contribution in [2.75, 3.05) is 21.0 Å². The number of carbonyl (C=O) groups excluding carboxylic acids is 3. The van der Waals surface area contributed by atoms with Gasteiger partial charge in [0.05, 0.1) is 25.7 Å². The predicted molar refractivity (Wildman–Crippen MR) is 105 cm³/mol. The number of rotatable bonds is 3. The van der Waals surface area contributed by atoms with Gasteiger partial charge in [-0.05, 0) is 37.0 Å². The monoisotopic (exact) mass is 413 g/mol. The lowest BCUT2D eigenvalue weighted by Crippen LogP contribution is -2.48. The molecule has 2 heterocycles. The largest absolute Gasteiger partial charge is 0.468 e. The molecule has 0 bridgehead atoms. The van der Waals surface area contributed by atoms with Crippen molar-refractivity contribution in [3.8, 4) is 11.5 Å². The van der Waals surface area contributed by atoms with Crippen molar-refractivity contribution in [1.29, 1.82) is 0 Å². The minimum Gasteiger partial charge on any atom is -0.468 e. The Kier molecular flexibility index (Phi) is 5.09. The van der Waals surface area contributed by atoms with Gasteiger partial charge in [-0.2, -0.15) is 0 Å². The van der Waals surface area contributed by atoms with E-state index in [1.165, 1.54) is 14.2 Å². The van der Waals surface area contributed by atoms with Crippen LogP contribution in [-0.2, 0) is 23.9 Å². The Labute approximate surface area is 173 Å². The molecule has 8 heteroatoms. The lowest BCUT2D eigenvalue weighted by Gasteiger charge is -2.39. The van der Waals surface area contributed by atoms with E-state index >= 15 is 0 Å². The number of hydrogen-bond donors (Lipinski definition) is 0. The highest BCUT2D eigenvalue weighted by Crippen LogP contribution is 2.47. The molecule has 2 aliphatic heterocycles. The Bertz CT molecular complexity index is 993. The summed E-state index contributed by atoms with van der Waals surface area (Å²) in [5.41, 5.74) is 2.17. The first-order valence-electron chi connectivity index (χ1n) is 9.75. The zero-order valence-electron chi connectivity index (χ0n) is 17.3. The number of carbonyl (C=O) groups is 3. The van der Waals surface area contributed by atoms with Gasteiger partial charge in [0, 0.05) is 17.3 Å². The van der Waals surface area contributed by atoms with Crippen molar-refractivity contribution < 1.29 is 33.3 Å². The summed E-state index contributed by atoms with van der Waals surface area (Å²) < 4.78 is 20.8. The summed E-state index contributed by atoms with van der Waals surface area (Å²) >= 11 is 0. The van der Waals surface area contributed by atoms with Crippen LogP contribution in [-0.4, -0.2) is 44.4 Å². The van der Waals surface area contributed by atoms with Crippen LogP contribution >= 0.6 is 0 Å². The minimum absolute atomic E-state index is 0.110. The third-order valence-corrected chi connectivity index (χ3v) is 6.03. The second-order valence-electron chi connectivity index (χ2n) is 7.75. The van der Waals surface area contributed by atoms with Gasteiger partial charge >= 0.3 is 11.9 Å². The molecule has 4 rings (SSSR count). The number of Topliss-reactive ketones (excluding diaryl/α,β-unsaturated/α-hetero) is 1. The van der Waals surface area contributed by atoms with Gasteiger partial charge in [0.25, 0.3) is 0 Å². The second-order valence-corrected chi connectivity index (χ2v) is 7.75. The molecule has 1 aromatic carbocycles. The highest BCUT2D eigenvalue weighted by Gasteiger charge is 2.51. The number of aliphatic imine (C=N–C) groups is 1. The lowest BCUT2D eigenvalue weighted by atomic mass is 9.63. The topological polar surface area (TPSA) is 100 Å². The zero-order valence-corrected chi connectivity index (χ0v) is 17.3. The highest BCUT2D eigenvalue weighted by atomic mass is 16.7. The van der Waals surface area contributed by atoms with Gasteiger partial charge in [0.15, 0.2) is 17.3 Å². The number of esters is 2. The number of ether oxygens (including phenoxy) is 4. The third-order valence-electron chi connectivity index (χ3n) is 6.03.